The number of aliphatic hydroxyl groups excluding tert-OH is 2. The van der Waals surface area contributed by atoms with Gasteiger partial charge in [-0.2, -0.15) is 0 Å². The fourth-order valence-electron chi connectivity index (χ4n) is 1.67. The van der Waals surface area contributed by atoms with E-state index in [-0.39, 0.29) is 19.3 Å². The molecule has 2 heterocycles. The molecule has 1 atom stereocenters. The number of nitrogens with zero attached hydrogens (tertiary/aromatic N) is 1. The van der Waals surface area contributed by atoms with Gasteiger partial charge in [-0.1, -0.05) is 0 Å². The van der Waals surface area contributed by atoms with E-state index in [1.807, 2.05) is 6.92 Å². The van der Waals surface area contributed by atoms with Crippen molar-refractivity contribution in [3.8, 4) is 5.75 Å². The zero-order chi connectivity index (χ0) is 11.5. The Morgan fingerprint density at radius 3 is 2.94 bits per heavy atom. The SMILES string of the molecule is CC1COc2c(ncc(CO)c2CO)CO1. The molecule has 5 heteroatoms. The van der Waals surface area contributed by atoms with E-state index in [1.165, 1.54) is 0 Å². The number of rotatable bonds is 2. The minimum atomic E-state index is -0.172. The number of hydrogen-bond acceptors (Lipinski definition) is 5. The summed E-state index contributed by atoms with van der Waals surface area (Å²) in [5.41, 5.74) is 1.87. The van der Waals surface area contributed by atoms with Crippen LogP contribution in [0.1, 0.15) is 23.7 Å². The van der Waals surface area contributed by atoms with E-state index in [0.29, 0.717) is 35.8 Å². The van der Waals surface area contributed by atoms with Crippen molar-refractivity contribution in [3.05, 3.63) is 23.0 Å². The van der Waals surface area contributed by atoms with Crippen LogP contribution in [0.15, 0.2) is 6.20 Å². The van der Waals surface area contributed by atoms with E-state index in [9.17, 15) is 5.11 Å². The Balaban J connectivity index is 2.43. The summed E-state index contributed by atoms with van der Waals surface area (Å²) in [4.78, 5) is 4.17. The third-order valence-electron chi connectivity index (χ3n) is 2.60. The average molecular weight is 225 g/mol. The summed E-state index contributed by atoms with van der Waals surface area (Å²) in [6.45, 7) is 2.38. The molecule has 1 unspecified atom stereocenters. The van der Waals surface area contributed by atoms with Crippen molar-refractivity contribution in [1.82, 2.24) is 4.98 Å². The van der Waals surface area contributed by atoms with E-state index in [2.05, 4.69) is 4.98 Å². The van der Waals surface area contributed by atoms with Gasteiger partial charge < -0.3 is 19.7 Å². The Morgan fingerprint density at radius 1 is 1.44 bits per heavy atom. The summed E-state index contributed by atoms with van der Waals surface area (Å²) < 4.78 is 11.0. The van der Waals surface area contributed by atoms with Crippen LogP contribution in [0.5, 0.6) is 5.75 Å². The topological polar surface area (TPSA) is 71.8 Å². The summed E-state index contributed by atoms with van der Waals surface area (Å²) in [5.74, 6) is 0.554. The van der Waals surface area contributed by atoms with Crippen LogP contribution in [0.3, 0.4) is 0 Å². The standard InChI is InChI=1S/C11H15NO4/c1-7-5-16-11-9(4-14)8(3-13)2-12-10(11)6-15-7/h2,7,13-14H,3-6H2,1H3. The molecule has 0 saturated carbocycles. The second-order valence-corrected chi connectivity index (χ2v) is 3.79. The Morgan fingerprint density at radius 2 is 2.25 bits per heavy atom. The number of hydrogen-bond donors (Lipinski definition) is 2. The monoisotopic (exact) mass is 225 g/mol. The third-order valence-corrected chi connectivity index (χ3v) is 2.60. The van der Waals surface area contributed by atoms with Crippen molar-refractivity contribution in [2.45, 2.75) is 32.8 Å². The molecule has 0 amide bonds. The van der Waals surface area contributed by atoms with Gasteiger partial charge in [-0.3, -0.25) is 4.98 Å². The van der Waals surface area contributed by atoms with Crippen LogP contribution < -0.4 is 4.74 Å². The van der Waals surface area contributed by atoms with Gasteiger partial charge in [0.25, 0.3) is 0 Å². The molecule has 16 heavy (non-hydrogen) atoms. The van der Waals surface area contributed by atoms with Crippen molar-refractivity contribution < 1.29 is 19.7 Å². The van der Waals surface area contributed by atoms with Gasteiger partial charge in [-0.25, -0.2) is 0 Å². The zero-order valence-electron chi connectivity index (χ0n) is 9.14. The van der Waals surface area contributed by atoms with E-state index < -0.39 is 0 Å². The number of fused-ring (bicyclic) bond motifs is 1. The minimum Gasteiger partial charge on any atom is -0.488 e. The van der Waals surface area contributed by atoms with Gasteiger partial charge in [0.05, 0.1) is 25.9 Å². The molecule has 0 spiro atoms. The molecule has 2 N–H and O–H groups in total. The van der Waals surface area contributed by atoms with Crippen molar-refractivity contribution in [3.63, 3.8) is 0 Å². The molecule has 0 fully saturated rings. The molecule has 1 aliphatic heterocycles. The van der Waals surface area contributed by atoms with Gasteiger partial charge in [-0.15, -0.1) is 0 Å². The molecular formula is C11H15NO4. The lowest BCUT2D eigenvalue weighted by atomic mass is 10.1. The van der Waals surface area contributed by atoms with E-state index in [1.54, 1.807) is 6.20 Å². The molecule has 0 aliphatic carbocycles. The number of pyridine rings is 1. The zero-order valence-corrected chi connectivity index (χ0v) is 9.14. The van der Waals surface area contributed by atoms with Crippen LogP contribution >= 0.6 is 0 Å². The number of ether oxygens (including phenoxy) is 2. The normalized spacial score (nSPS) is 19.8. The minimum absolute atomic E-state index is 0.00156. The molecule has 1 aliphatic rings. The maximum absolute atomic E-state index is 9.30. The van der Waals surface area contributed by atoms with Gasteiger partial charge in [0.15, 0.2) is 0 Å². The summed E-state index contributed by atoms with van der Waals surface area (Å²) in [7, 11) is 0. The maximum atomic E-state index is 9.30. The molecule has 0 radical (unpaired) electrons. The van der Waals surface area contributed by atoms with Crippen molar-refractivity contribution in [2.24, 2.45) is 0 Å². The predicted octanol–water partition coefficient (Wildman–Crippen LogP) is 0.364. The molecule has 0 saturated heterocycles. The first kappa shape index (κ1) is 11.3. The van der Waals surface area contributed by atoms with Gasteiger partial charge in [0, 0.05) is 17.3 Å². The fraction of sp³-hybridized carbons (Fsp3) is 0.545. The van der Waals surface area contributed by atoms with E-state index in [0.717, 1.165) is 0 Å². The quantitative estimate of drug-likeness (QED) is 0.760. The highest BCUT2D eigenvalue weighted by Crippen LogP contribution is 2.28. The lowest BCUT2D eigenvalue weighted by Gasteiger charge is -2.13. The summed E-state index contributed by atoms with van der Waals surface area (Å²) in [5, 5.41) is 18.4. The van der Waals surface area contributed by atoms with Crippen molar-refractivity contribution in [1.29, 1.82) is 0 Å². The van der Waals surface area contributed by atoms with Gasteiger partial charge >= 0.3 is 0 Å². The van der Waals surface area contributed by atoms with Crippen LogP contribution in [0.2, 0.25) is 0 Å². The van der Waals surface area contributed by atoms with Crippen molar-refractivity contribution in [2.75, 3.05) is 6.61 Å². The molecule has 1 aromatic rings. The summed E-state index contributed by atoms with van der Waals surface area (Å²) in [6.07, 6.45) is 1.55. The number of aromatic nitrogens is 1. The highest BCUT2D eigenvalue weighted by molar-refractivity contribution is 5.42. The van der Waals surface area contributed by atoms with Crippen LogP contribution in [0, 0.1) is 0 Å². The largest absolute Gasteiger partial charge is 0.488 e. The molecule has 88 valence electrons. The molecule has 2 rings (SSSR count). The van der Waals surface area contributed by atoms with Crippen LogP contribution in [0.4, 0.5) is 0 Å². The molecule has 0 aromatic carbocycles. The number of aliphatic hydroxyl groups is 2. The van der Waals surface area contributed by atoms with Crippen molar-refractivity contribution >= 4 is 0 Å². The van der Waals surface area contributed by atoms with Crippen LogP contribution in [-0.4, -0.2) is 27.9 Å². The van der Waals surface area contributed by atoms with E-state index in [4.69, 9.17) is 14.6 Å². The summed E-state index contributed by atoms with van der Waals surface area (Å²) >= 11 is 0. The second kappa shape index (κ2) is 4.78. The lowest BCUT2D eigenvalue weighted by Crippen LogP contribution is -2.14. The van der Waals surface area contributed by atoms with Gasteiger partial charge in [0.2, 0.25) is 0 Å². The highest BCUT2D eigenvalue weighted by Gasteiger charge is 2.20. The fourth-order valence-corrected chi connectivity index (χ4v) is 1.67. The Bertz CT molecular complexity index is 380. The Kier molecular flexibility index (Phi) is 3.38. The first-order chi connectivity index (χ1) is 7.76. The second-order valence-electron chi connectivity index (χ2n) is 3.79. The van der Waals surface area contributed by atoms with E-state index >= 15 is 0 Å². The first-order valence-electron chi connectivity index (χ1n) is 5.22. The predicted molar refractivity (Wildman–Crippen MR) is 55.8 cm³/mol. The summed E-state index contributed by atoms with van der Waals surface area (Å²) in [6, 6.07) is 0. The Hall–Kier alpha value is -1.17. The van der Waals surface area contributed by atoms with Gasteiger partial charge in [0.1, 0.15) is 18.1 Å². The molecular weight excluding hydrogens is 210 g/mol. The molecule has 5 nitrogen and oxygen atoms in total. The molecule has 1 aromatic heterocycles. The van der Waals surface area contributed by atoms with Crippen LogP contribution in [-0.2, 0) is 24.6 Å². The van der Waals surface area contributed by atoms with Gasteiger partial charge in [-0.05, 0) is 6.92 Å². The first-order valence-corrected chi connectivity index (χ1v) is 5.22. The Labute approximate surface area is 93.7 Å². The maximum Gasteiger partial charge on any atom is 0.149 e. The highest BCUT2D eigenvalue weighted by atomic mass is 16.5. The smallest absolute Gasteiger partial charge is 0.149 e. The third kappa shape index (κ3) is 2.02. The van der Waals surface area contributed by atoms with Crippen LogP contribution in [0.25, 0.3) is 0 Å². The lowest BCUT2D eigenvalue weighted by molar-refractivity contribution is 0.0348. The molecule has 0 bridgehead atoms. The average Bonchev–Trinajstić information content (AvgIpc) is 2.50.